The third kappa shape index (κ3) is 3.96. The highest BCUT2D eigenvalue weighted by molar-refractivity contribution is 6.06. The summed E-state index contributed by atoms with van der Waals surface area (Å²) in [5.74, 6) is -4.67. The highest BCUT2D eigenvalue weighted by atomic mass is 19.3. The minimum atomic E-state index is -2.67. The number of halogens is 2. The molecular formula is C21H20F2N6O4. The number of carbonyl (C=O) groups excluding carboxylic acids is 4. The molecule has 0 radical (unpaired) electrons. The van der Waals surface area contributed by atoms with Crippen molar-refractivity contribution in [2.45, 2.75) is 56.7 Å². The number of rotatable bonds is 5. The number of carbonyl (C=O) groups is 4. The van der Waals surface area contributed by atoms with Gasteiger partial charge in [0.15, 0.2) is 0 Å². The summed E-state index contributed by atoms with van der Waals surface area (Å²) in [6, 6.07) is 4.15. The number of hydrogen-bond donors (Lipinski definition) is 2. The first-order chi connectivity index (χ1) is 15.7. The van der Waals surface area contributed by atoms with Crippen molar-refractivity contribution in [3.05, 3.63) is 41.2 Å². The van der Waals surface area contributed by atoms with Crippen molar-refractivity contribution >= 4 is 29.3 Å². The molecule has 0 spiro atoms. The maximum Gasteiger partial charge on any atom is 0.255 e. The van der Waals surface area contributed by atoms with E-state index in [1.165, 1.54) is 15.8 Å². The van der Waals surface area contributed by atoms with Crippen LogP contribution in [-0.2, 0) is 27.5 Å². The molecule has 33 heavy (non-hydrogen) atoms. The Morgan fingerprint density at radius 3 is 2.76 bits per heavy atom. The van der Waals surface area contributed by atoms with E-state index in [4.69, 9.17) is 0 Å². The van der Waals surface area contributed by atoms with Crippen LogP contribution in [0.25, 0.3) is 0 Å². The van der Waals surface area contributed by atoms with Crippen LogP contribution in [0.4, 0.5) is 14.5 Å². The van der Waals surface area contributed by atoms with E-state index >= 15 is 0 Å². The first kappa shape index (κ1) is 21.2. The maximum atomic E-state index is 13.1. The van der Waals surface area contributed by atoms with Gasteiger partial charge in [-0.05, 0) is 18.6 Å². The Balaban J connectivity index is 1.26. The van der Waals surface area contributed by atoms with Crippen molar-refractivity contribution in [1.82, 2.24) is 25.2 Å². The molecule has 172 valence electrons. The summed E-state index contributed by atoms with van der Waals surface area (Å²) in [6.45, 7) is -0.0507. The molecule has 1 saturated heterocycles. The van der Waals surface area contributed by atoms with Gasteiger partial charge in [-0.25, -0.2) is 13.5 Å². The average Bonchev–Trinajstić information content (AvgIpc) is 3.32. The molecule has 12 heteroatoms. The Kier molecular flexibility index (Phi) is 4.94. The van der Waals surface area contributed by atoms with Crippen molar-refractivity contribution < 1.29 is 28.0 Å². The number of alkyl halides is 2. The van der Waals surface area contributed by atoms with E-state index < -0.39 is 23.8 Å². The third-order valence-electron chi connectivity index (χ3n) is 6.23. The molecule has 4 amide bonds. The predicted molar refractivity (Wildman–Crippen MR) is 108 cm³/mol. The first-order valence-electron chi connectivity index (χ1n) is 10.5. The Morgan fingerprint density at radius 2 is 2.03 bits per heavy atom. The fourth-order valence-corrected chi connectivity index (χ4v) is 4.49. The number of aromatic nitrogens is 3. The molecule has 1 aliphatic carbocycles. The lowest BCUT2D eigenvalue weighted by atomic mass is 9.79. The Hall–Kier alpha value is -3.70. The lowest BCUT2D eigenvalue weighted by Gasteiger charge is -2.33. The monoisotopic (exact) mass is 458 g/mol. The van der Waals surface area contributed by atoms with Gasteiger partial charge in [0, 0.05) is 54.7 Å². The van der Waals surface area contributed by atoms with Crippen LogP contribution in [0.5, 0.6) is 0 Å². The van der Waals surface area contributed by atoms with E-state index in [1.54, 1.807) is 18.2 Å². The highest BCUT2D eigenvalue weighted by Crippen LogP contribution is 2.47. The molecule has 1 unspecified atom stereocenters. The molecule has 1 atom stereocenters. The molecule has 2 aliphatic heterocycles. The quantitative estimate of drug-likeness (QED) is 0.649. The standard InChI is InChI=1S/C21H20F2N6O4/c22-21(23)6-11(7-21)15-9-28(27-26-15)10-18(31)24-14-3-1-2-12-13(14)8-29(20(12)33)16-4-5-17(30)25-19(16)32/h1-3,9,11,16H,4-8,10H2,(H,24,31)(H,25,30,32). The second-order valence-electron chi connectivity index (χ2n) is 8.58. The number of benzene rings is 1. The minimum Gasteiger partial charge on any atom is -0.324 e. The summed E-state index contributed by atoms with van der Waals surface area (Å²) in [7, 11) is 0. The number of imide groups is 1. The molecule has 3 aliphatic rings. The van der Waals surface area contributed by atoms with Crippen LogP contribution in [0, 0.1) is 0 Å². The number of amides is 4. The summed E-state index contributed by atoms with van der Waals surface area (Å²) in [5.41, 5.74) is 1.82. The molecule has 2 N–H and O–H groups in total. The van der Waals surface area contributed by atoms with Gasteiger partial charge in [0.25, 0.3) is 5.91 Å². The van der Waals surface area contributed by atoms with Gasteiger partial charge in [-0.3, -0.25) is 24.5 Å². The smallest absolute Gasteiger partial charge is 0.255 e. The van der Waals surface area contributed by atoms with Gasteiger partial charge in [0.05, 0.1) is 5.69 Å². The molecule has 3 heterocycles. The summed E-state index contributed by atoms with van der Waals surface area (Å²) >= 11 is 0. The van der Waals surface area contributed by atoms with Crippen molar-refractivity contribution in [1.29, 1.82) is 0 Å². The molecule has 2 aromatic rings. The molecule has 10 nitrogen and oxygen atoms in total. The summed E-state index contributed by atoms with van der Waals surface area (Å²) in [5, 5.41) is 12.7. The SMILES string of the molecule is O=C1CCC(N2Cc3c(NC(=O)Cn4cc(C5CC(F)(F)C5)nn4)cccc3C2=O)C(=O)N1. The number of anilines is 1. The summed E-state index contributed by atoms with van der Waals surface area (Å²) < 4.78 is 27.4. The second-order valence-corrected chi connectivity index (χ2v) is 8.58. The minimum absolute atomic E-state index is 0.125. The molecule has 1 aromatic heterocycles. The van der Waals surface area contributed by atoms with Crippen LogP contribution in [0.2, 0.25) is 0 Å². The van der Waals surface area contributed by atoms with E-state index in [0.29, 0.717) is 22.5 Å². The van der Waals surface area contributed by atoms with Gasteiger partial charge in [-0.15, -0.1) is 5.10 Å². The zero-order valence-electron chi connectivity index (χ0n) is 17.4. The lowest BCUT2D eigenvalue weighted by Crippen LogP contribution is -2.52. The van der Waals surface area contributed by atoms with E-state index in [9.17, 15) is 28.0 Å². The van der Waals surface area contributed by atoms with Crippen LogP contribution < -0.4 is 10.6 Å². The van der Waals surface area contributed by atoms with Gasteiger partial charge in [-0.1, -0.05) is 11.3 Å². The van der Waals surface area contributed by atoms with E-state index in [1.807, 2.05) is 0 Å². The zero-order chi connectivity index (χ0) is 23.3. The summed E-state index contributed by atoms with van der Waals surface area (Å²) in [4.78, 5) is 50.5. The molecule has 2 fully saturated rings. The zero-order valence-corrected chi connectivity index (χ0v) is 17.4. The number of nitrogens with zero attached hydrogens (tertiary/aromatic N) is 4. The normalized spacial score (nSPS) is 22.1. The van der Waals surface area contributed by atoms with Crippen molar-refractivity contribution in [3.8, 4) is 0 Å². The maximum absolute atomic E-state index is 13.1. The van der Waals surface area contributed by atoms with Crippen LogP contribution in [0.3, 0.4) is 0 Å². The van der Waals surface area contributed by atoms with E-state index in [-0.39, 0.29) is 56.5 Å². The Morgan fingerprint density at radius 1 is 1.24 bits per heavy atom. The predicted octanol–water partition coefficient (Wildman–Crippen LogP) is 1.19. The topological polar surface area (TPSA) is 126 Å². The van der Waals surface area contributed by atoms with Crippen molar-refractivity contribution in [2.24, 2.45) is 0 Å². The molecular weight excluding hydrogens is 438 g/mol. The highest BCUT2D eigenvalue weighted by Gasteiger charge is 2.47. The van der Waals surface area contributed by atoms with Gasteiger partial charge in [0.1, 0.15) is 12.6 Å². The van der Waals surface area contributed by atoms with Crippen LogP contribution in [-0.4, -0.2) is 55.5 Å². The molecule has 0 bridgehead atoms. The summed E-state index contributed by atoms with van der Waals surface area (Å²) in [6.07, 6.45) is 1.34. The third-order valence-corrected chi connectivity index (χ3v) is 6.23. The Labute approximate surface area is 186 Å². The van der Waals surface area contributed by atoms with Crippen LogP contribution in [0.1, 0.15) is 53.2 Å². The molecule has 1 saturated carbocycles. The average molecular weight is 458 g/mol. The fraction of sp³-hybridized carbons (Fsp3) is 0.429. The van der Waals surface area contributed by atoms with Gasteiger partial charge in [0.2, 0.25) is 23.6 Å². The van der Waals surface area contributed by atoms with Gasteiger partial charge < -0.3 is 10.2 Å². The van der Waals surface area contributed by atoms with Gasteiger partial charge >= 0.3 is 0 Å². The number of piperidine rings is 1. The van der Waals surface area contributed by atoms with Crippen molar-refractivity contribution in [2.75, 3.05) is 5.32 Å². The Bertz CT molecular complexity index is 1170. The van der Waals surface area contributed by atoms with E-state index in [0.717, 1.165) is 0 Å². The van der Waals surface area contributed by atoms with Gasteiger partial charge in [-0.2, -0.15) is 0 Å². The number of nitrogens with one attached hydrogen (secondary N) is 2. The van der Waals surface area contributed by atoms with Crippen molar-refractivity contribution in [3.63, 3.8) is 0 Å². The van der Waals surface area contributed by atoms with Crippen LogP contribution in [0.15, 0.2) is 24.4 Å². The second kappa shape index (κ2) is 7.71. The number of hydrogen-bond acceptors (Lipinski definition) is 6. The number of fused-ring (bicyclic) bond motifs is 1. The molecule has 1 aromatic carbocycles. The van der Waals surface area contributed by atoms with Crippen LogP contribution >= 0.6 is 0 Å². The van der Waals surface area contributed by atoms with E-state index in [2.05, 4.69) is 20.9 Å². The lowest BCUT2D eigenvalue weighted by molar-refractivity contribution is -0.137. The fourth-order valence-electron chi connectivity index (χ4n) is 4.49. The molecule has 5 rings (SSSR count). The largest absolute Gasteiger partial charge is 0.324 e. The first-order valence-corrected chi connectivity index (χ1v) is 10.5.